The number of hydrogen-bond acceptors (Lipinski definition) is 1. The van der Waals surface area contributed by atoms with E-state index in [0.717, 1.165) is 30.1 Å². The molecule has 1 N–H and O–H groups in total. The Balaban J connectivity index is 1.56. The van der Waals surface area contributed by atoms with Gasteiger partial charge in [-0.05, 0) is 42.9 Å². The predicted octanol–water partition coefficient (Wildman–Crippen LogP) is 6.21. The van der Waals surface area contributed by atoms with E-state index in [1.54, 1.807) is 0 Å². The van der Waals surface area contributed by atoms with Crippen molar-refractivity contribution in [3.63, 3.8) is 0 Å². The zero-order chi connectivity index (χ0) is 16.5. The minimum Gasteiger partial charge on any atom is -0.478 e. The molecule has 0 heterocycles. The van der Waals surface area contributed by atoms with E-state index in [0.29, 0.717) is 0 Å². The largest absolute Gasteiger partial charge is 0.478 e. The van der Waals surface area contributed by atoms with Crippen molar-refractivity contribution in [3.05, 3.63) is 12.2 Å². The maximum atomic E-state index is 10.5. The zero-order valence-electron chi connectivity index (χ0n) is 15.0. The molecule has 0 aliphatic heterocycles. The Bertz CT molecular complexity index is 358. The second-order valence-corrected chi connectivity index (χ2v) is 8.12. The predicted molar refractivity (Wildman–Crippen MR) is 96.4 cm³/mol. The molecule has 2 fully saturated rings. The first-order valence-electron chi connectivity index (χ1n) is 10.1. The molecule has 0 aromatic heterocycles. The van der Waals surface area contributed by atoms with Gasteiger partial charge in [-0.25, -0.2) is 4.79 Å². The van der Waals surface area contributed by atoms with Crippen LogP contribution in [0.4, 0.5) is 0 Å². The van der Waals surface area contributed by atoms with Crippen LogP contribution in [0.15, 0.2) is 12.2 Å². The second-order valence-electron chi connectivity index (χ2n) is 8.12. The maximum absolute atomic E-state index is 10.5. The van der Waals surface area contributed by atoms with Gasteiger partial charge in [0.05, 0.1) is 0 Å². The van der Waals surface area contributed by atoms with Crippen molar-refractivity contribution >= 4 is 5.97 Å². The first-order valence-corrected chi connectivity index (χ1v) is 10.1. The lowest BCUT2D eigenvalue weighted by atomic mass is 9.74. The minimum absolute atomic E-state index is 0.728. The molecular weight excluding hydrogens is 284 g/mol. The number of rotatable bonds is 8. The van der Waals surface area contributed by atoms with Crippen molar-refractivity contribution in [2.24, 2.45) is 23.7 Å². The molecule has 0 aromatic rings. The van der Waals surface area contributed by atoms with Crippen LogP contribution in [-0.2, 0) is 4.79 Å². The molecule has 23 heavy (non-hydrogen) atoms. The van der Waals surface area contributed by atoms with E-state index < -0.39 is 5.97 Å². The molecule has 2 rings (SSSR count). The van der Waals surface area contributed by atoms with Crippen LogP contribution >= 0.6 is 0 Å². The third-order valence-corrected chi connectivity index (χ3v) is 6.34. The molecule has 132 valence electrons. The number of hydrogen-bond donors (Lipinski definition) is 1. The van der Waals surface area contributed by atoms with Gasteiger partial charge in [0.25, 0.3) is 0 Å². The Morgan fingerprint density at radius 3 is 1.70 bits per heavy atom. The number of carboxylic acid groups (broad SMARTS) is 1. The highest BCUT2D eigenvalue weighted by atomic mass is 16.4. The molecule has 2 saturated carbocycles. The van der Waals surface area contributed by atoms with Crippen molar-refractivity contribution in [2.75, 3.05) is 0 Å². The van der Waals surface area contributed by atoms with Crippen molar-refractivity contribution in [3.8, 4) is 0 Å². The van der Waals surface area contributed by atoms with Crippen LogP contribution in [0.3, 0.4) is 0 Å². The molecular formula is C21H36O2. The Morgan fingerprint density at radius 2 is 1.26 bits per heavy atom. The minimum atomic E-state index is -0.813. The lowest BCUT2D eigenvalue weighted by Gasteiger charge is -2.31. The Hall–Kier alpha value is -0.790. The smallest absolute Gasteiger partial charge is 0.327 e. The van der Waals surface area contributed by atoms with E-state index in [1.807, 2.05) is 6.08 Å². The summed E-state index contributed by atoms with van der Waals surface area (Å²) in [6.07, 6.45) is 21.1. The molecule has 0 unspecified atom stereocenters. The van der Waals surface area contributed by atoms with Crippen molar-refractivity contribution < 1.29 is 9.90 Å². The molecule has 0 atom stereocenters. The first-order chi connectivity index (χ1) is 11.2. The van der Waals surface area contributed by atoms with Crippen LogP contribution in [-0.4, -0.2) is 11.1 Å². The van der Waals surface area contributed by atoms with Crippen molar-refractivity contribution in [1.82, 2.24) is 0 Å². The van der Waals surface area contributed by atoms with E-state index in [2.05, 4.69) is 6.92 Å². The normalized spacial score (nSPS) is 32.2. The lowest BCUT2D eigenvalue weighted by Crippen LogP contribution is -2.18. The van der Waals surface area contributed by atoms with E-state index >= 15 is 0 Å². The zero-order valence-corrected chi connectivity index (χ0v) is 15.0. The monoisotopic (exact) mass is 320 g/mol. The molecule has 2 aliphatic rings. The van der Waals surface area contributed by atoms with E-state index in [-0.39, 0.29) is 0 Å². The van der Waals surface area contributed by atoms with Crippen LogP contribution < -0.4 is 0 Å². The topological polar surface area (TPSA) is 37.3 Å². The van der Waals surface area contributed by atoms with Gasteiger partial charge in [0, 0.05) is 6.08 Å². The van der Waals surface area contributed by atoms with Crippen LogP contribution in [0, 0.1) is 23.7 Å². The fraction of sp³-hybridized carbons (Fsp3) is 0.857. The summed E-state index contributed by atoms with van der Waals surface area (Å²) in [4.78, 5) is 10.5. The first kappa shape index (κ1) is 18.5. The highest BCUT2D eigenvalue weighted by Crippen LogP contribution is 2.38. The fourth-order valence-corrected chi connectivity index (χ4v) is 4.81. The third kappa shape index (κ3) is 7.10. The Kier molecular flexibility index (Phi) is 8.19. The van der Waals surface area contributed by atoms with Gasteiger partial charge in [-0.1, -0.05) is 77.2 Å². The molecule has 2 nitrogen and oxygen atoms in total. The maximum Gasteiger partial charge on any atom is 0.327 e. The molecule has 2 heteroatoms. The van der Waals surface area contributed by atoms with E-state index in [1.165, 1.54) is 83.1 Å². The van der Waals surface area contributed by atoms with Gasteiger partial charge >= 0.3 is 5.97 Å². The summed E-state index contributed by atoms with van der Waals surface area (Å²) < 4.78 is 0. The van der Waals surface area contributed by atoms with Gasteiger partial charge in [-0.3, -0.25) is 0 Å². The summed E-state index contributed by atoms with van der Waals surface area (Å²) in [5, 5.41) is 8.64. The van der Waals surface area contributed by atoms with Crippen LogP contribution in [0.25, 0.3) is 0 Å². The van der Waals surface area contributed by atoms with Crippen molar-refractivity contribution in [2.45, 2.75) is 90.4 Å². The fourth-order valence-electron chi connectivity index (χ4n) is 4.81. The van der Waals surface area contributed by atoms with E-state index in [9.17, 15) is 4.79 Å². The summed E-state index contributed by atoms with van der Waals surface area (Å²) in [5.41, 5.74) is 0. The molecule has 0 amide bonds. The standard InChI is InChI=1S/C21H36O2/c1-2-4-17-7-11-19(12-8-17)15-16-20-13-9-18(10-14-20)5-3-6-21(22)23/h3,6,17-20H,2,4-5,7-16H2,1H3,(H,22,23). The highest BCUT2D eigenvalue weighted by Gasteiger charge is 2.24. The van der Waals surface area contributed by atoms with Gasteiger partial charge in [0.2, 0.25) is 0 Å². The molecule has 0 saturated heterocycles. The lowest BCUT2D eigenvalue weighted by molar-refractivity contribution is -0.131. The summed E-state index contributed by atoms with van der Waals surface area (Å²) >= 11 is 0. The number of carbonyl (C=O) groups is 1. The quantitative estimate of drug-likeness (QED) is 0.540. The van der Waals surface area contributed by atoms with Gasteiger partial charge in [0.1, 0.15) is 0 Å². The third-order valence-electron chi connectivity index (χ3n) is 6.34. The number of carboxylic acids is 1. The molecule has 0 radical (unpaired) electrons. The number of allylic oxidation sites excluding steroid dienone is 1. The number of aliphatic carboxylic acids is 1. The summed E-state index contributed by atoms with van der Waals surface area (Å²) in [5.74, 6) is 2.91. The SMILES string of the molecule is CCCC1CCC(CCC2CCC(CC=CC(=O)O)CC2)CC1. The Morgan fingerprint density at radius 1 is 0.826 bits per heavy atom. The summed E-state index contributed by atoms with van der Waals surface area (Å²) in [6, 6.07) is 0. The Labute approximate surface area is 142 Å². The van der Waals surface area contributed by atoms with Gasteiger partial charge in [-0.15, -0.1) is 0 Å². The molecule has 0 aromatic carbocycles. The molecule has 0 spiro atoms. The average Bonchev–Trinajstić information content (AvgIpc) is 2.55. The summed E-state index contributed by atoms with van der Waals surface area (Å²) in [6.45, 7) is 2.32. The average molecular weight is 321 g/mol. The van der Waals surface area contributed by atoms with Crippen LogP contribution in [0.2, 0.25) is 0 Å². The van der Waals surface area contributed by atoms with Crippen LogP contribution in [0.1, 0.15) is 90.4 Å². The van der Waals surface area contributed by atoms with Gasteiger partial charge < -0.3 is 5.11 Å². The van der Waals surface area contributed by atoms with Crippen LogP contribution in [0.5, 0.6) is 0 Å². The highest BCUT2D eigenvalue weighted by molar-refractivity contribution is 5.79. The van der Waals surface area contributed by atoms with E-state index in [4.69, 9.17) is 5.11 Å². The summed E-state index contributed by atoms with van der Waals surface area (Å²) in [7, 11) is 0. The van der Waals surface area contributed by atoms with Gasteiger partial charge in [0.15, 0.2) is 0 Å². The second kappa shape index (κ2) is 10.2. The molecule has 2 aliphatic carbocycles. The molecule has 0 bridgehead atoms. The van der Waals surface area contributed by atoms with Crippen molar-refractivity contribution in [1.29, 1.82) is 0 Å². The van der Waals surface area contributed by atoms with Gasteiger partial charge in [-0.2, -0.15) is 0 Å².